The second-order valence-corrected chi connectivity index (χ2v) is 5.25. The monoisotopic (exact) mass is 255 g/mol. The molecule has 0 aromatic carbocycles. The Morgan fingerprint density at radius 2 is 1.94 bits per heavy atom. The molecule has 2 aliphatic heterocycles. The molecule has 18 heavy (non-hydrogen) atoms. The molecule has 2 atom stereocenters. The molecule has 1 amide bonds. The number of carboxylic acid groups (broad SMARTS) is 1. The summed E-state index contributed by atoms with van der Waals surface area (Å²) in [5.41, 5.74) is 4.24. The van der Waals surface area contributed by atoms with Crippen LogP contribution in [-0.2, 0) is 9.59 Å². The highest BCUT2D eigenvalue weighted by Crippen LogP contribution is 2.35. The van der Waals surface area contributed by atoms with Gasteiger partial charge in [-0.2, -0.15) is 0 Å². The lowest BCUT2D eigenvalue weighted by Gasteiger charge is -2.39. The second-order valence-electron chi connectivity index (χ2n) is 5.25. The van der Waals surface area contributed by atoms with Crippen LogP contribution in [0.25, 0.3) is 0 Å². The van der Waals surface area contributed by atoms with Crippen molar-refractivity contribution in [2.24, 2.45) is 5.73 Å². The van der Waals surface area contributed by atoms with Crippen LogP contribution in [0.15, 0.2) is 0 Å². The summed E-state index contributed by atoms with van der Waals surface area (Å²) in [6.07, 6.45) is 2.93. The van der Waals surface area contributed by atoms with Gasteiger partial charge in [-0.3, -0.25) is 9.69 Å². The quantitative estimate of drug-likeness (QED) is 0.709. The zero-order valence-corrected chi connectivity index (χ0v) is 10.8. The van der Waals surface area contributed by atoms with Gasteiger partial charge in [0.25, 0.3) is 0 Å². The van der Waals surface area contributed by atoms with Crippen LogP contribution in [0, 0.1) is 0 Å². The summed E-state index contributed by atoms with van der Waals surface area (Å²) in [5, 5.41) is 9.56. The molecule has 0 aromatic rings. The lowest BCUT2D eigenvalue weighted by molar-refractivity contribution is -0.157. The number of carbonyl (C=O) groups excluding carboxylic acids is 1. The van der Waals surface area contributed by atoms with E-state index in [-0.39, 0.29) is 18.5 Å². The molecule has 0 bridgehead atoms. The molecule has 0 aliphatic carbocycles. The number of carbonyl (C=O) groups is 2. The fraction of sp³-hybridized carbons (Fsp3) is 0.833. The molecule has 2 aliphatic rings. The van der Waals surface area contributed by atoms with Gasteiger partial charge in [0.05, 0.1) is 6.54 Å². The van der Waals surface area contributed by atoms with Gasteiger partial charge in [0.2, 0.25) is 5.91 Å². The minimum absolute atomic E-state index is 0.0898. The van der Waals surface area contributed by atoms with Crippen LogP contribution in [0.1, 0.15) is 26.2 Å². The van der Waals surface area contributed by atoms with Crippen LogP contribution in [0.4, 0.5) is 0 Å². The number of hydrogen-bond donors (Lipinski definition) is 2. The molecule has 1 unspecified atom stereocenters. The van der Waals surface area contributed by atoms with Gasteiger partial charge >= 0.3 is 5.97 Å². The fourth-order valence-electron chi connectivity index (χ4n) is 3.29. The molecule has 0 spiro atoms. The third kappa shape index (κ3) is 1.89. The number of aliphatic carboxylic acids is 1. The highest BCUT2D eigenvalue weighted by Gasteiger charge is 2.54. The minimum atomic E-state index is -1.14. The molecular weight excluding hydrogens is 234 g/mol. The first-order valence-corrected chi connectivity index (χ1v) is 6.49. The molecule has 102 valence electrons. The van der Waals surface area contributed by atoms with E-state index in [1.54, 1.807) is 6.92 Å². The van der Waals surface area contributed by atoms with Crippen molar-refractivity contribution < 1.29 is 14.7 Å². The number of likely N-dealkylation sites (tertiary alicyclic amines) is 2. The molecule has 3 N–H and O–H groups in total. The number of amides is 1. The maximum Gasteiger partial charge on any atom is 0.330 e. The largest absolute Gasteiger partial charge is 0.479 e. The van der Waals surface area contributed by atoms with Gasteiger partial charge in [0, 0.05) is 12.6 Å². The summed E-state index contributed by atoms with van der Waals surface area (Å²) >= 11 is 0. The van der Waals surface area contributed by atoms with Crippen molar-refractivity contribution in [2.75, 3.05) is 26.2 Å². The third-order valence-corrected chi connectivity index (χ3v) is 4.33. The van der Waals surface area contributed by atoms with Gasteiger partial charge in [0.15, 0.2) is 5.54 Å². The van der Waals surface area contributed by atoms with E-state index in [0.717, 1.165) is 25.9 Å². The molecular formula is C12H21N3O3. The van der Waals surface area contributed by atoms with Crippen molar-refractivity contribution in [3.8, 4) is 0 Å². The van der Waals surface area contributed by atoms with Gasteiger partial charge < -0.3 is 15.7 Å². The predicted octanol–water partition coefficient (Wildman–Crippen LogP) is -0.515. The summed E-state index contributed by atoms with van der Waals surface area (Å²) in [6, 6.07) is -0.0898. The van der Waals surface area contributed by atoms with Crippen LogP contribution >= 0.6 is 0 Å². The minimum Gasteiger partial charge on any atom is -0.479 e. The summed E-state index contributed by atoms with van der Waals surface area (Å²) < 4.78 is 0. The molecule has 0 saturated carbocycles. The van der Waals surface area contributed by atoms with E-state index in [4.69, 9.17) is 5.73 Å². The third-order valence-electron chi connectivity index (χ3n) is 4.33. The molecule has 2 fully saturated rings. The zero-order valence-electron chi connectivity index (χ0n) is 10.8. The van der Waals surface area contributed by atoms with E-state index >= 15 is 0 Å². The van der Waals surface area contributed by atoms with E-state index in [0.29, 0.717) is 13.0 Å². The smallest absolute Gasteiger partial charge is 0.330 e. The van der Waals surface area contributed by atoms with Crippen molar-refractivity contribution in [2.45, 2.75) is 37.8 Å². The maximum atomic E-state index is 11.8. The molecule has 0 radical (unpaired) electrons. The highest BCUT2D eigenvalue weighted by molar-refractivity contribution is 5.89. The van der Waals surface area contributed by atoms with Crippen LogP contribution < -0.4 is 5.73 Å². The Hall–Kier alpha value is -1.14. The average molecular weight is 255 g/mol. The first kappa shape index (κ1) is 13.3. The van der Waals surface area contributed by atoms with Crippen molar-refractivity contribution in [1.29, 1.82) is 0 Å². The summed E-state index contributed by atoms with van der Waals surface area (Å²) in [6.45, 7) is 3.87. The molecule has 2 rings (SSSR count). The van der Waals surface area contributed by atoms with Gasteiger partial charge in [-0.05, 0) is 39.3 Å². The van der Waals surface area contributed by atoms with Crippen molar-refractivity contribution in [1.82, 2.24) is 9.80 Å². The first-order valence-electron chi connectivity index (χ1n) is 6.49. The molecule has 6 heteroatoms. The summed E-state index contributed by atoms with van der Waals surface area (Å²) in [4.78, 5) is 27.1. The topological polar surface area (TPSA) is 86.9 Å². The van der Waals surface area contributed by atoms with E-state index in [9.17, 15) is 14.7 Å². The number of carboxylic acids is 1. The van der Waals surface area contributed by atoms with Crippen LogP contribution in [0.5, 0.6) is 0 Å². The van der Waals surface area contributed by atoms with E-state index < -0.39 is 11.5 Å². The lowest BCUT2D eigenvalue weighted by atomic mass is 9.92. The Labute approximate surface area is 107 Å². The summed E-state index contributed by atoms with van der Waals surface area (Å²) in [5.74, 6) is -1.21. The SMILES string of the molecule is C[C@@]1(C(=O)O)C(N2CCCC2)CCN1C(=O)CN. The Morgan fingerprint density at radius 3 is 2.44 bits per heavy atom. The van der Waals surface area contributed by atoms with Crippen LogP contribution in [0.2, 0.25) is 0 Å². The number of rotatable bonds is 3. The highest BCUT2D eigenvalue weighted by atomic mass is 16.4. The maximum absolute atomic E-state index is 11.8. The van der Waals surface area contributed by atoms with Crippen molar-refractivity contribution in [3.63, 3.8) is 0 Å². The van der Waals surface area contributed by atoms with Gasteiger partial charge in [0.1, 0.15) is 0 Å². The fourth-order valence-corrected chi connectivity index (χ4v) is 3.29. The Balaban J connectivity index is 2.26. The second kappa shape index (κ2) is 4.85. The lowest BCUT2D eigenvalue weighted by Crippen LogP contribution is -2.61. The normalized spacial score (nSPS) is 33.0. The number of hydrogen-bond acceptors (Lipinski definition) is 4. The predicted molar refractivity (Wildman–Crippen MR) is 66.0 cm³/mol. The van der Waals surface area contributed by atoms with Gasteiger partial charge in [-0.25, -0.2) is 4.79 Å². The molecule has 2 heterocycles. The Bertz CT molecular complexity index is 354. The van der Waals surface area contributed by atoms with Gasteiger partial charge in [-0.1, -0.05) is 0 Å². The van der Waals surface area contributed by atoms with Crippen LogP contribution in [-0.4, -0.2) is 64.5 Å². The van der Waals surface area contributed by atoms with Crippen LogP contribution in [0.3, 0.4) is 0 Å². The Morgan fingerprint density at radius 1 is 1.33 bits per heavy atom. The van der Waals surface area contributed by atoms with E-state index in [1.807, 2.05) is 0 Å². The number of nitrogens with zero attached hydrogens (tertiary/aromatic N) is 2. The standard InChI is InChI=1S/C12H21N3O3/c1-12(11(17)18)9(14-5-2-3-6-14)4-7-15(12)10(16)8-13/h9H,2-8,13H2,1H3,(H,17,18)/t9?,12-/m0/s1. The summed E-state index contributed by atoms with van der Waals surface area (Å²) in [7, 11) is 0. The van der Waals surface area contributed by atoms with E-state index in [2.05, 4.69) is 4.90 Å². The van der Waals surface area contributed by atoms with Gasteiger partial charge in [-0.15, -0.1) is 0 Å². The van der Waals surface area contributed by atoms with Crippen molar-refractivity contribution >= 4 is 11.9 Å². The van der Waals surface area contributed by atoms with E-state index in [1.165, 1.54) is 4.90 Å². The molecule has 0 aromatic heterocycles. The molecule has 6 nitrogen and oxygen atoms in total. The average Bonchev–Trinajstić information content (AvgIpc) is 2.95. The Kier molecular flexibility index (Phi) is 3.59. The first-order chi connectivity index (χ1) is 8.51. The van der Waals surface area contributed by atoms with Crippen molar-refractivity contribution in [3.05, 3.63) is 0 Å². The molecule has 2 saturated heterocycles. The number of nitrogens with two attached hydrogens (primary N) is 1. The zero-order chi connectivity index (χ0) is 13.3.